The highest BCUT2D eigenvalue weighted by Crippen LogP contribution is 2.30. The SMILES string of the molecule is COC1(Cl)C=C(C=NNC(=O)c2snnc2C)C(O)=CC1. The van der Waals surface area contributed by atoms with E-state index in [1.807, 2.05) is 0 Å². The van der Waals surface area contributed by atoms with Crippen LogP contribution in [0.3, 0.4) is 0 Å². The van der Waals surface area contributed by atoms with Gasteiger partial charge in [-0.1, -0.05) is 16.1 Å². The van der Waals surface area contributed by atoms with Crippen molar-refractivity contribution in [2.45, 2.75) is 18.4 Å². The van der Waals surface area contributed by atoms with Crippen LogP contribution in [0.4, 0.5) is 0 Å². The largest absolute Gasteiger partial charge is 0.508 e. The third kappa shape index (κ3) is 3.66. The van der Waals surface area contributed by atoms with Crippen molar-refractivity contribution >= 4 is 35.3 Å². The Kier molecular flexibility index (Phi) is 4.71. The van der Waals surface area contributed by atoms with Gasteiger partial charge in [-0.2, -0.15) is 5.10 Å². The van der Waals surface area contributed by atoms with E-state index in [1.54, 1.807) is 6.92 Å². The molecular formula is C12H13ClN4O3S. The van der Waals surface area contributed by atoms with Crippen molar-refractivity contribution in [1.29, 1.82) is 0 Å². The van der Waals surface area contributed by atoms with Crippen molar-refractivity contribution in [3.8, 4) is 0 Å². The zero-order valence-corrected chi connectivity index (χ0v) is 12.9. The normalized spacial score (nSPS) is 22.0. The molecule has 0 spiro atoms. The van der Waals surface area contributed by atoms with E-state index in [9.17, 15) is 9.90 Å². The Morgan fingerprint density at radius 3 is 3.10 bits per heavy atom. The van der Waals surface area contributed by atoms with E-state index in [0.29, 0.717) is 22.6 Å². The first-order chi connectivity index (χ1) is 9.95. The number of aromatic nitrogens is 2. The molecule has 0 saturated carbocycles. The van der Waals surface area contributed by atoms with E-state index in [2.05, 4.69) is 20.1 Å². The molecule has 112 valence electrons. The smallest absolute Gasteiger partial charge is 0.285 e. The number of amides is 1. The van der Waals surface area contributed by atoms with Gasteiger partial charge in [0, 0.05) is 19.1 Å². The molecule has 1 heterocycles. The van der Waals surface area contributed by atoms with Gasteiger partial charge < -0.3 is 9.84 Å². The number of aliphatic hydroxyl groups is 1. The van der Waals surface area contributed by atoms with Crippen LogP contribution in [0.2, 0.25) is 0 Å². The summed E-state index contributed by atoms with van der Waals surface area (Å²) in [5.74, 6) is -0.389. The second-order valence-corrected chi connectivity index (χ2v) is 5.66. The number of aliphatic hydroxyl groups excluding tert-OH is 1. The van der Waals surface area contributed by atoms with Crippen LogP contribution in [0.25, 0.3) is 0 Å². The molecule has 0 fully saturated rings. The fraction of sp³-hybridized carbons (Fsp3) is 0.333. The molecule has 1 amide bonds. The minimum atomic E-state index is -1.02. The monoisotopic (exact) mass is 328 g/mol. The molecule has 7 nitrogen and oxygen atoms in total. The number of nitrogens with one attached hydrogen (secondary N) is 1. The first-order valence-electron chi connectivity index (χ1n) is 5.94. The van der Waals surface area contributed by atoms with Crippen LogP contribution in [-0.2, 0) is 4.74 Å². The number of allylic oxidation sites excluding steroid dienone is 1. The number of methoxy groups -OCH3 is 1. The Morgan fingerprint density at radius 2 is 2.48 bits per heavy atom. The van der Waals surface area contributed by atoms with Gasteiger partial charge in [0.2, 0.25) is 0 Å². The maximum atomic E-state index is 11.8. The van der Waals surface area contributed by atoms with Gasteiger partial charge in [-0.15, -0.1) is 5.10 Å². The Labute approximate surface area is 130 Å². The molecule has 9 heteroatoms. The second kappa shape index (κ2) is 6.33. The molecule has 1 aromatic heterocycles. The molecule has 1 aromatic rings. The molecule has 0 bridgehead atoms. The first-order valence-corrected chi connectivity index (χ1v) is 7.09. The van der Waals surface area contributed by atoms with Crippen LogP contribution in [-0.4, -0.2) is 39.0 Å². The maximum Gasteiger partial charge on any atom is 0.285 e. The van der Waals surface area contributed by atoms with E-state index in [4.69, 9.17) is 16.3 Å². The number of hydrazone groups is 1. The molecule has 2 N–H and O–H groups in total. The highest BCUT2D eigenvalue weighted by atomic mass is 35.5. The molecular weight excluding hydrogens is 316 g/mol. The van der Waals surface area contributed by atoms with E-state index in [-0.39, 0.29) is 5.76 Å². The summed E-state index contributed by atoms with van der Waals surface area (Å²) >= 11 is 7.13. The number of ether oxygens (including phenoxy) is 1. The average Bonchev–Trinajstić information content (AvgIpc) is 2.89. The number of carbonyl (C=O) groups is 1. The summed E-state index contributed by atoms with van der Waals surface area (Å²) in [5, 5.41) is 16.3. The Morgan fingerprint density at radius 1 is 1.71 bits per heavy atom. The summed E-state index contributed by atoms with van der Waals surface area (Å²) < 4.78 is 8.80. The van der Waals surface area contributed by atoms with E-state index >= 15 is 0 Å². The van der Waals surface area contributed by atoms with Crippen molar-refractivity contribution in [3.63, 3.8) is 0 Å². The van der Waals surface area contributed by atoms with Crippen LogP contribution in [0, 0.1) is 6.92 Å². The van der Waals surface area contributed by atoms with Gasteiger partial charge in [0.25, 0.3) is 5.91 Å². The topological polar surface area (TPSA) is 96.7 Å². The summed E-state index contributed by atoms with van der Waals surface area (Å²) in [7, 11) is 1.47. The van der Waals surface area contributed by atoms with Crippen LogP contribution in [0.5, 0.6) is 0 Å². The van der Waals surface area contributed by atoms with Crippen LogP contribution in [0.15, 0.2) is 28.6 Å². The lowest BCUT2D eigenvalue weighted by molar-refractivity contribution is 0.0958. The second-order valence-electron chi connectivity index (χ2n) is 4.27. The quantitative estimate of drug-likeness (QED) is 0.500. The Hall–Kier alpha value is -1.77. The van der Waals surface area contributed by atoms with E-state index < -0.39 is 11.0 Å². The summed E-state index contributed by atoms with van der Waals surface area (Å²) in [6, 6.07) is 0. The maximum absolute atomic E-state index is 11.8. The average molecular weight is 329 g/mol. The molecule has 1 atom stereocenters. The minimum Gasteiger partial charge on any atom is -0.508 e. The molecule has 0 radical (unpaired) electrons. The van der Waals surface area contributed by atoms with Gasteiger partial charge in [0.1, 0.15) is 10.6 Å². The number of aryl methyl sites for hydroxylation is 1. The number of halogens is 1. The predicted molar refractivity (Wildman–Crippen MR) is 79.6 cm³/mol. The van der Waals surface area contributed by atoms with Gasteiger partial charge in [0.15, 0.2) is 5.06 Å². The number of hydrogen-bond acceptors (Lipinski definition) is 7. The molecule has 1 unspecified atom stereocenters. The summed E-state index contributed by atoms with van der Waals surface area (Å²) in [6.07, 6.45) is 4.69. The van der Waals surface area contributed by atoms with Crippen LogP contribution < -0.4 is 5.43 Å². The molecule has 1 aliphatic rings. The molecule has 21 heavy (non-hydrogen) atoms. The number of nitrogens with zero attached hydrogens (tertiary/aromatic N) is 3. The minimum absolute atomic E-state index is 0.0250. The van der Waals surface area contributed by atoms with Gasteiger partial charge in [-0.05, 0) is 30.6 Å². The molecule has 0 aromatic carbocycles. The zero-order chi connectivity index (χ0) is 15.5. The molecule has 1 aliphatic carbocycles. The van der Waals surface area contributed by atoms with Crippen LogP contribution >= 0.6 is 23.1 Å². The van der Waals surface area contributed by atoms with E-state index in [0.717, 1.165) is 11.5 Å². The summed E-state index contributed by atoms with van der Waals surface area (Å²) in [6.45, 7) is 1.68. The fourth-order valence-electron chi connectivity index (χ4n) is 1.62. The highest BCUT2D eigenvalue weighted by molar-refractivity contribution is 7.07. The van der Waals surface area contributed by atoms with E-state index in [1.165, 1.54) is 25.5 Å². The van der Waals surface area contributed by atoms with Crippen molar-refractivity contribution in [2.24, 2.45) is 5.10 Å². The summed E-state index contributed by atoms with van der Waals surface area (Å²) in [4.78, 5) is 12.2. The van der Waals surface area contributed by atoms with Crippen molar-refractivity contribution in [3.05, 3.63) is 34.1 Å². The standard InChI is InChI=1S/C12H13ClN4O3S/c1-7-10(21-17-15-7)11(19)16-14-6-8-5-12(13,20-2)4-3-9(8)18/h3,5-6,18H,4H2,1-2H3,(H,16,19). The highest BCUT2D eigenvalue weighted by Gasteiger charge is 2.27. The predicted octanol–water partition coefficient (Wildman–Crippen LogP) is 1.92. The third-order valence-corrected chi connectivity index (χ3v) is 4.05. The van der Waals surface area contributed by atoms with Gasteiger partial charge in [0.05, 0.1) is 11.9 Å². The number of rotatable bonds is 4. The Bertz CT molecular complexity index is 640. The lowest BCUT2D eigenvalue weighted by Gasteiger charge is -2.24. The van der Waals surface area contributed by atoms with Gasteiger partial charge in [-0.3, -0.25) is 4.79 Å². The van der Waals surface area contributed by atoms with Crippen molar-refractivity contribution < 1.29 is 14.6 Å². The Balaban J connectivity index is 2.05. The fourth-order valence-corrected chi connectivity index (χ4v) is 2.36. The molecule has 0 aliphatic heterocycles. The van der Waals surface area contributed by atoms with Gasteiger partial charge >= 0.3 is 0 Å². The first kappa shape index (κ1) is 15.6. The van der Waals surface area contributed by atoms with Crippen molar-refractivity contribution in [1.82, 2.24) is 15.0 Å². The number of carbonyl (C=O) groups excluding carboxylic acids is 1. The zero-order valence-electron chi connectivity index (χ0n) is 11.3. The molecule has 2 rings (SSSR count). The van der Waals surface area contributed by atoms with Gasteiger partial charge in [-0.25, -0.2) is 5.43 Å². The summed E-state index contributed by atoms with van der Waals surface area (Å²) in [5.41, 5.74) is 3.23. The third-order valence-electron chi connectivity index (χ3n) is 2.81. The lowest BCUT2D eigenvalue weighted by atomic mass is 10.0. The lowest BCUT2D eigenvalue weighted by Crippen LogP contribution is -2.24. The number of hydrogen-bond donors (Lipinski definition) is 2. The van der Waals surface area contributed by atoms with Crippen LogP contribution in [0.1, 0.15) is 21.8 Å². The van der Waals surface area contributed by atoms with Crippen molar-refractivity contribution in [2.75, 3.05) is 7.11 Å². The number of alkyl halides is 1. The molecule has 0 saturated heterocycles.